The van der Waals surface area contributed by atoms with Crippen molar-refractivity contribution >= 4 is 28.7 Å². The molecule has 0 radical (unpaired) electrons. The van der Waals surface area contributed by atoms with Crippen LogP contribution in [0.3, 0.4) is 0 Å². The third kappa shape index (κ3) is 3.83. The molecule has 1 aliphatic rings. The highest BCUT2D eigenvalue weighted by molar-refractivity contribution is 7.13. The molecule has 2 amide bonds. The molecule has 1 aliphatic heterocycles. The number of aromatic nitrogens is 2. The molecule has 3 heterocycles. The number of anilines is 2. The molecule has 5 rings (SSSR count). The zero-order chi connectivity index (χ0) is 20.3. The molecule has 0 saturated carbocycles. The van der Waals surface area contributed by atoms with Crippen molar-refractivity contribution in [1.29, 1.82) is 0 Å². The second-order valence-electron chi connectivity index (χ2n) is 6.47. The van der Waals surface area contributed by atoms with Gasteiger partial charge in [-0.15, -0.1) is 11.3 Å². The van der Waals surface area contributed by atoms with Gasteiger partial charge in [0.15, 0.2) is 11.5 Å². The molecule has 0 atom stereocenters. The lowest BCUT2D eigenvalue weighted by Crippen LogP contribution is -2.20. The van der Waals surface area contributed by atoms with Gasteiger partial charge in [0, 0.05) is 17.4 Å². The summed E-state index contributed by atoms with van der Waals surface area (Å²) in [5, 5.41) is 11.7. The Morgan fingerprint density at radius 1 is 1.03 bits per heavy atom. The van der Waals surface area contributed by atoms with Gasteiger partial charge in [0.1, 0.15) is 0 Å². The van der Waals surface area contributed by atoms with E-state index in [4.69, 9.17) is 14.0 Å². The maximum atomic E-state index is 12.5. The molecule has 0 unspecified atom stereocenters. The second kappa shape index (κ2) is 7.88. The fourth-order valence-electron chi connectivity index (χ4n) is 3.05. The number of carbonyl (C=O) groups is 1. The molecule has 0 fully saturated rings. The quantitative estimate of drug-likeness (QED) is 0.483. The number of hydrogen-bond acceptors (Lipinski definition) is 7. The van der Waals surface area contributed by atoms with Crippen LogP contribution in [0.25, 0.3) is 10.7 Å². The van der Waals surface area contributed by atoms with Gasteiger partial charge in [-0.2, -0.15) is 4.98 Å². The number of rotatable bonds is 5. The Morgan fingerprint density at radius 2 is 1.93 bits per heavy atom. The van der Waals surface area contributed by atoms with Gasteiger partial charge in [0.25, 0.3) is 0 Å². The first kappa shape index (κ1) is 18.2. The number of ether oxygens (including phenoxy) is 2. The van der Waals surface area contributed by atoms with Crippen molar-refractivity contribution in [3.05, 3.63) is 71.4 Å². The summed E-state index contributed by atoms with van der Waals surface area (Å²) in [5.41, 5.74) is 2.12. The van der Waals surface area contributed by atoms with E-state index in [0.717, 1.165) is 10.4 Å². The van der Waals surface area contributed by atoms with E-state index < -0.39 is 0 Å². The number of benzene rings is 2. The first-order valence-electron chi connectivity index (χ1n) is 9.16. The van der Waals surface area contributed by atoms with Crippen molar-refractivity contribution in [2.45, 2.75) is 6.42 Å². The molecular formula is C21H16N4O4S. The second-order valence-corrected chi connectivity index (χ2v) is 7.42. The topological polar surface area (TPSA) is 98.5 Å². The summed E-state index contributed by atoms with van der Waals surface area (Å²) in [6.07, 6.45) is 0.402. The summed E-state index contributed by atoms with van der Waals surface area (Å²) in [4.78, 5) is 17.9. The predicted octanol–water partition coefficient (Wildman–Crippen LogP) is 4.76. The monoisotopic (exact) mass is 420 g/mol. The average Bonchev–Trinajstić information content (AvgIpc) is 3.50. The van der Waals surface area contributed by atoms with Crippen LogP contribution in [-0.2, 0) is 6.42 Å². The van der Waals surface area contributed by atoms with Crippen LogP contribution in [0.1, 0.15) is 11.5 Å². The number of amides is 2. The van der Waals surface area contributed by atoms with Crippen molar-refractivity contribution in [3.63, 3.8) is 0 Å². The van der Waals surface area contributed by atoms with E-state index in [2.05, 4.69) is 20.8 Å². The maximum absolute atomic E-state index is 12.5. The van der Waals surface area contributed by atoms with Gasteiger partial charge >= 0.3 is 6.03 Å². The molecule has 2 aromatic heterocycles. The van der Waals surface area contributed by atoms with E-state index in [9.17, 15) is 4.79 Å². The van der Waals surface area contributed by atoms with Crippen molar-refractivity contribution in [3.8, 4) is 22.2 Å². The lowest BCUT2D eigenvalue weighted by molar-refractivity contribution is 0.174. The number of para-hydroxylation sites is 1. The molecule has 4 aromatic rings. The van der Waals surface area contributed by atoms with Crippen LogP contribution in [0.5, 0.6) is 11.5 Å². The number of fused-ring (bicyclic) bond motifs is 1. The van der Waals surface area contributed by atoms with Gasteiger partial charge in [0.2, 0.25) is 18.5 Å². The van der Waals surface area contributed by atoms with Crippen LogP contribution in [0.4, 0.5) is 16.2 Å². The standard InChI is InChI=1S/C21H16N4O4S/c26-21(22-14-7-8-16-17(11-14)28-12-27-16)23-15-5-2-1-4-13(15)10-19-24-20(25-29-19)18-6-3-9-30-18/h1-9,11H,10,12H2,(H2,22,23,26). The zero-order valence-electron chi connectivity index (χ0n) is 15.6. The van der Waals surface area contributed by atoms with Crippen LogP contribution in [0.15, 0.2) is 64.5 Å². The third-order valence-electron chi connectivity index (χ3n) is 4.45. The molecule has 9 heteroatoms. The van der Waals surface area contributed by atoms with E-state index in [0.29, 0.717) is 41.0 Å². The normalized spacial score (nSPS) is 12.0. The minimum Gasteiger partial charge on any atom is -0.454 e. The first-order valence-corrected chi connectivity index (χ1v) is 10.0. The molecular weight excluding hydrogens is 404 g/mol. The van der Waals surface area contributed by atoms with E-state index in [1.807, 2.05) is 41.8 Å². The van der Waals surface area contributed by atoms with E-state index >= 15 is 0 Å². The Balaban J connectivity index is 1.28. The minimum atomic E-state index is -0.369. The fraction of sp³-hybridized carbons (Fsp3) is 0.0952. The minimum absolute atomic E-state index is 0.183. The summed E-state index contributed by atoms with van der Waals surface area (Å²) in [6.45, 7) is 0.183. The number of hydrogen-bond donors (Lipinski definition) is 2. The third-order valence-corrected chi connectivity index (χ3v) is 5.31. The Labute approximate surface area is 175 Å². The summed E-state index contributed by atoms with van der Waals surface area (Å²) in [6, 6.07) is 16.2. The van der Waals surface area contributed by atoms with Crippen LogP contribution in [0.2, 0.25) is 0 Å². The number of thiophene rings is 1. The summed E-state index contributed by atoms with van der Waals surface area (Å²) in [5.74, 6) is 2.30. The summed E-state index contributed by atoms with van der Waals surface area (Å²) < 4.78 is 16.0. The molecule has 8 nitrogen and oxygen atoms in total. The van der Waals surface area contributed by atoms with Gasteiger partial charge in [-0.05, 0) is 35.2 Å². The van der Waals surface area contributed by atoms with E-state index in [1.165, 1.54) is 0 Å². The van der Waals surface area contributed by atoms with Gasteiger partial charge in [0.05, 0.1) is 11.3 Å². The highest BCUT2D eigenvalue weighted by atomic mass is 32.1. The average molecular weight is 420 g/mol. The largest absolute Gasteiger partial charge is 0.454 e. The summed E-state index contributed by atoms with van der Waals surface area (Å²) >= 11 is 1.55. The van der Waals surface area contributed by atoms with Crippen LogP contribution in [0, 0.1) is 0 Å². The van der Waals surface area contributed by atoms with Crippen molar-refractivity contribution < 1.29 is 18.8 Å². The van der Waals surface area contributed by atoms with Crippen molar-refractivity contribution in [2.75, 3.05) is 17.4 Å². The Kier molecular flexibility index (Phi) is 4.78. The highest BCUT2D eigenvalue weighted by Gasteiger charge is 2.16. The van der Waals surface area contributed by atoms with Crippen molar-refractivity contribution in [1.82, 2.24) is 10.1 Å². The fourth-order valence-corrected chi connectivity index (χ4v) is 3.70. The lowest BCUT2D eigenvalue weighted by Gasteiger charge is -2.11. The van der Waals surface area contributed by atoms with Crippen molar-refractivity contribution in [2.24, 2.45) is 0 Å². The molecule has 2 N–H and O–H groups in total. The molecule has 0 aliphatic carbocycles. The molecule has 0 saturated heterocycles. The van der Waals surface area contributed by atoms with E-state index in [1.54, 1.807) is 29.5 Å². The highest BCUT2D eigenvalue weighted by Crippen LogP contribution is 2.34. The molecule has 0 spiro atoms. The Bertz CT molecular complexity index is 1190. The van der Waals surface area contributed by atoms with Gasteiger partial charge in [-0.3, -0.25) is 0 Å². The molecule has 30 heavy (non-hydrogen) atoms. The summed E-state index contributed by atoms with van der Waals surface area (Å²) in [7, 11) is 0. The van der Waals surface area contributed by atoms with Crippen LogP contribution >= 0.6 is 11.3 Å². The number of nitrogens with one attached hydrogen (secondary N) is 2. The SMILES string of the molecule is O=C(Nc1ccc2c(c1)OCO2)Nc1ccccc1Cc1nc(-c2cccs2)no1. The molecule has 150 valence electrons. The van der Waals surface area contributed by atoms with Gasteiger partial charge in [-0.25, -0.2) is 4.79 Å². The molecule has 0 bridgehead atoms. The van der Waals surface area contributed by atoms with Crippen LogP contribution < -0.4 is 20.1 Å². The smallest absolute Gasteiger partial charge is 0.323 e. The Morgan fingerprint density at radius 3 is 2.83 bits per heavy atom. The first-order chi connectivity index (χ1) is 14.7. The van der Waals surface area contributed by atoms with Gasteiger partial charge < -0.3 is 24.6 Å². The predicted molar refractivity (Wildman–Crippen MR) is 112 cm³/mol. The lowest BCUT2D eigenvalue weighted by atomic mass is 10.1. The number of urea groups is 1. The number of carbonyl (C=O) groups excluding carboxylic acids is 1. The van der Waals surface area contributed by atoms with E-state index in [-0.39, 0.29) is 12.8 Å². The number of nitrogens with zero attached hydrogens (tertiary/aromatic N) is 2. The van der Waals surface area contributed by atoms with Gasteiger partial charge in [-0.1, -0.05) is 29.4 Å². The zero-order valence-corrected chi connectivity index (χ0v) is 16.4. The molecule has 2 aromatic carbocycles. The Hall–Kier alpha value is -3.85. The van der Waals surface area contributed by atoms with Crippen LogP contribution in [-0.4, -0.2) is 23.0 Å². The maximum Gasteiger partial charge on any atom is 0.323 e.